The number of benzene rings is 2. The van der Waals surface area contributed by atoms with Crippen molar-refractivity contribution in [2.75, 3.05) is 0 Å². The van der Waals surface area contributed by atoms with Crippen molar-refractivity contribution in [2.24, 2.45) is 0 Å². The molecule has 2 aromatic carbocycles. The maximum Gasteiger partial charge on any atom is 0.0808 e. The zero-order chi connectivity index (χ0) is 11.9. The fourth-order valence-corrected chi connectivity index (χ4v) is 5.07. The summed E-state index contributed by atoms with van der Waals surface area (Å²) in [5.74, 6) is 0. The summed E-state index contributed by atoms with van der Waals surface area (Å²) in [4.78, 5) is 3.02. The van der Waals surface area contributed by atoms with Crippen LogP contribution in [0.4, 0.5) is 0 Å². The van der Waals surface area contributed by atoms with E-state index in [-0.39, 0.29) is 0 Å². The van der Waals surface area contributed by atoms with Crippen LogP contribution in [0.3, 0.4) is 0 Å². The van der Waals surface area contributed by atoms with Crippen LogP contribution in [-0.4, -0.2) is 8.20 Å². The zero-order valence-electron chi connectivity index (χ0n) is 9.93. The Morgan fingerprint density at radius 2 is 1.50 bits per heavy atom. The molecule has 0 spiro atoms. The molecule has 0 radical (unpaired) electrons. The Labute approximate surface area is 107 Å². The van der Waals surface area contributed by atoms with Gasteiger partial charge in [-0.2, -0.15) is 0 Å². The molecule has 0 aliphatic carbocycles. The van der Waals surface area contributed by atoms with Gasteiger partial charge in [0, 0.05) is 0 Å². The highest BCUT2D eigenvalue weighted by Gasteiger charge is 2.03. The Morgan fingerprint density at radius 3 is 2.50 bits per heavy atom. The summed E-state index contributed by atoms with van der Waals surface area (Å²) in [5.41, 5.74) is 2.39. The largest absolute Gasteiger partial charge is 0.0808 e. The van der Waals surface area contributed by atoms with Gasteiger partial charge in [-0.1, -0.05) is 72.4 Å². The van der Waals surface area contributed by atoms with Crippen LogP contribution in [0.2, 0.25) is 0 Å². The predicted molar refractivity (Wildman–Crippen MR) is 80.4 cm³/mol. The van der Waals surface area contributed by atoms with E-state index in [0.29, 0.717) is 0 Å². The molecule has 0 bridgehead atoms. The fourth-order valence-electron chi connectivity index (χ4n) is 2.77. The normalized spacial score (nSPS) is 11.3. The first-order valence-electron chi connectivity index (χ1n) is 6.23. The lowest BCUT2D eigenvalue weighted by Crippen LogP contribution is -1.91. The molecule has 0 nitrogen and oxygen atoms in total. The van der Waals surface area contributed by atoms with Gasteiger partial charge in [-0.3, -0.25) is 0 Å². The lowest BCUT2D eigenvalue weighted by molar-refractivity contribution is 1.80. The highest BCUT2D eigenvalue weighted by molar-refractivity contribution is 6.71. The second-order valence-corrected chi connectivity index (χ2v) is 6.95. The molecule has 0 aliphatic rings. The van der Waals surface area contributed by atoms with Crippen molar-refractivity contribution in [2.45, 2.75) is 0 Å². The molecule has 18 heavy (non-hydrogen) atoms. The number of fused-ring (bicyclic) bond motifs is 5. The standard InChI is InChI=1S/C17H12Si/c1-2-7-15-13(5-1)8-11-17-16(15)10-9-14-6-3-4-12-18(14)17/h1-12H. The number of hydrogen-bond acceptors (Lipinski definition) is 0. The minimum atomic E-state index is -0.675. The van der Waals surface area contributed by atoms with E-state index in [1.165, 1.54) is 26.2 Å². The van der Waals surface area contributed by atoms with Crippen LogP contribution in [0.25, 0.3) is 26.2 Å². The fraction of sp³-hybridized carbons (Fsp3) is 0. The summed E-state index contributed by atoms with van der Waals surface area (Å²) >= 11 is 0. The minimum Gasteiger partial charge on any atom is -0.0731 e. The topological polar surface area (TPSA) is 0 Å². The lowest BCUT2D eigenvalue weighted by Gasteiger charge is -2.06. The lowest BCUT2D eigenvalue weighted by atomic mass is 10.1. The Bertz CT molecular complexity index is 803. The first-order valence-corrected chi connectivity index (χ1v) is 7.80. The van der Waals surface area contributed by atoms with Crippen LogP contribution < -0.4 is 0 Å². The average molecular weight is 244 g/mol. The summed E-state index contributed by atoms with van der Waals surface area (Å²) < 4.78 is 0. The van der Waals surface area contributed by atoms with Crippen LogP contribution in [0.1, 0.15) is 0 Å². The third-order valence-corrected chi connectivity index (χ3v) is 6.15. The monoisotopic (exact) mass is 244 g/mol. The van der Waals surface area contributed by atoms with Crippen molar-refractivity contribution in [1.82, 2.24) is 0 Å². The zero-order valence-corrected chi connectivity index (χ0v) is 10.9. The summed E-state index contributed by atoms with van der Waals surface area (Å²) in [6.07, 6.45) is 0. The van der Waals surface area contributed by atoms with Crippen LogP contribution in [0.5, 0.6) is 0 Å². The first-order chi connectivity index (χ1) is 8.93. The van der Waals surface area contributed by atoms with Crippen molar-refractivity contribution < 1.29 is 0 Å². The smallest absolute Gasteiger partial charge is 0.0731 e. The maximum absolute atomic E-state index is 2.39. The molecular weight excluding hydrogens is 232 g/mol. The van der Waals surface area contributed by atoms with Crippen LogP contribution in [0.15, 0.2) is 72.4 Å². The van der Waals surface area contributed by atoms with Crippen molar-refractivity contribution in [3.8, 4) is 0 Å². The van der Waals surface area contributed by atoms with Gasteiger partial charge in [0.2, 0.25) is 0 Å². The summed E-state index contributed by atoms with van der Waals surface area (Å²) in [6.45, 7) is 0. The van der Waals surface area contributed by atoms with Crippen LogP contribution >= 0.6 is 0 Å². The van der Waals surface area contributed by atoms with E-state index in [0.717, 1.165) is 0 Å². The van der Waals surface area contributed by atoms with E-state index in [2.05, 4.69) is 72.4 Å². The van der Waals surface area contributed by atoms with Gasteiger partial charge in [-0.05, 0) is 26.2 Å². The molecule has 0 atom stereocenters. The van der Waals surface area contributed by atoms with E-state index in [4.69, 9.17) is 0 Å². The van der Waals surface area contributed by atoms with Gasteiger partial charge >= 0.3 is 0 Å². The molecule has 1 heteroatoms. The number of hydrogen-bond donors (Lipinski definition) is 0. The summed E-state index contributed by atoms with van der Waals surface area (Å²) in [6, 6.07) is 24.4. The first kappa shape index (κ1) is 9.98. The van der Waals surface area contributed by atoms with Gasteiger partial charge in [0.1, 0.15) is 0 Å². The summed E-state index contributed by atoms with van der Waals surface area (Å²) in [5, 5.41) is 4.14. The van der Waals surface area contributed by atoms with Gasteiger partial charge in [-0.15, -0.1) is 0 Å². The molecule has 4 rings (SSSR count). The SMILES string of the molecule is c1ccc2c(c1)ccc1c2ccc2cccc[si]21. The van der Waals surface area contributed by atoms with Gasteiger partial charge in [0.15, 0.2) is 0 Å². The molecule has 0 aliphatic heterocycles. The second-order valence-electron chi connectivity index (χ2n) is 4.67. The third-order valence-electron chi connectivity index (χ3n) is 3.65. The van der Waals surface area contributed by atoms with Crippen molar-refractivity contribution in [1.29, 1.82) is 0 Å². The molecule has 2 heterocycles. The quantitative estimate of drug-likeness (QED) is 0.316. The second kappa shape index (κ2) is 3.75. The third kappa shape index (κ3) is 1.34. The maximum atomic E-state index is 2.39. The molecular formula is C17H12Si. The van der Waals surface area contributed by atoms with Crippen LogP contribution in [-0.2, 0) is 0 Å². The van der Waals surface area contributed by atoms with Gasteiger partial charge in [0.05, 0.1) is 8.20 Å². The van der Waals surface area contributed by atoms with E-state index in [9.17, 15) is 0 Å². The van der Waals surface area contributed by atoms with Gasteiger partial charge in [0.25, 0.3) is 0 Å². The summed E-state index contributed by atoms with van der Waals surface area (Å²) in [7, 11) is -0.675. The van der Waals surface area contributed by atoms with Gasteiger partial charge in [-0.25, -0.2) is 0 Å². The van der Waals surface area contributed by atoms with E-state index >= 15 is 0 Å². The molecule has 0 saturated carbocycles. The highest BCUT2D eigenvalue weighted by Crippen LogP contribution is 2.25. The van der Waals surface area contributed by atoms with Gasteiger partial charge < -0.3 is 0 Å². The molecule has 0 unspecified atom stereocenters. The predicted octanol–water partition coefficient (Wildman–Crippen LogP) is 4.47. The molecule has 0 amide bonds. The van der Waals surface area contributed by atoms with E-state index in [1.807, 2.05) is 0 Å². The Balaban J connectivity index is 2.31. The molecule has 2 aromatic heterocycles. The van der Waals surface area contributed by atoms with Crippen molar-refractivity contribution in [3.05, 3.63) is 72.4 Å². The highest BCUT2D eigenvalue weighted by atomic mass is 28.2. The molecule has 4 aromatic rings. The molecule has 0 fully saturated rings. The van der Waals surface area contributed by atoms with Crippen molar-refractivity contribution >= 4 is 34.3 Å². The average Bonchev–Trinajstić information content (AvgIpc) is 2.46. The van der Waals surface area contributed by atoms with E-state index < -0.39 is 8.20 Å². The molecule has 0 saturated heterocycles. The number of rotatable bonds is 0. The molecule has 84 valence electrons. The Morgan fingerprint density at radius 1 is 0.611 bits per heavy atom. The molecule has 0 N–H and O–H groups in total. The Kier molecular flexibility index (Phi) is 2.08. The van der Waals surface area contributed by atoms with Crippen LogP contribution in [0, 0.1) is 0 Å². The Hall–Kier alpha value is -1.99. The minimum absolute atomic E-state index is 0.675. The van der Waals surface area contributed by atoms with Crippen molar-refractivity contribution in [3.63, 3.8) is 0 Å². The van der Waals surface area contributed by atoms with E-state index in [1.54, 1.807) is 0 Å².